The van der Waals surface area contributed by atoms with Crippen LogP contribution in [0.1, 0.15) is 25.7 Å². The molecule has 4 nitrogen and oxygen atoms in total. The number of carbonyl (C=O) groups excluding carboxylic acids is 1. The second-order valence-corrected chi connectivity index (χ2v) is 4.95. The molecule has 1 aromatic carbocycles. The van der Waals surface area contributed by atoms with Gasteiger partial charge in [0, 0.05) is 18.5 Å². The van der Waals surface area contributed by atoms with Gasteiger partial charge in [-0.05, 0) is 30.9 Å². The largest absolute Gasteiger partial charge is 0.497 e. The van der Waals surface area contributed by atoms with Crippen molar-refractivity contribution in [2.75, 3.05) is 12.4 Å². The van der Waals surface area contributed by atoms with Crippen molar-refractivity contribution in [2.45, 2.75) is 31.7 Å². The van der Waals surface area contributed by atoms with Crippen molar-refractivity contribution in [3.8, 4) is 5.75 Å². The summed E-state index contributed by atoms with van der Waals surface area (Å²) in [4.78, 5) is 11.9. The molecule has 0 saturated heterocycles. The van der Waals surface area contributed by atoms with Crippen LogP contribution in [0.5, 0.6) is 5.75 Å². The van der Waals surface area contributed by atoms with Crippen molar-refractivity contribution in [1.29, 1.82) is 0 Å². The van der Waals surface area contributed by atoms with E-state index in [9.17, 15) is 9.18 Å². The molecule has 1 aromatic rings. The molecule has 1 aliphatic carbocycles. The third-order valence-corrected chi connectivity index (χ3v) is 3.61. The highest BCUT2D eigenvalue weighted by molar-refractivity contribution is 5.91. The van der Waals surface area contributed by atoms with Gasteiger partial charge in [0.25, 0.3) is 0 Å². The Hall–Kier alpha value is -1.33. The van der Waals surface area contributed by atoms with Crippen LogP contribution in [0.4, 0.5) is 10.1 Å². The van der Waals surface area contributed by atoms with Crippen LogP contribution in [0.25, 0.3) is 0 Å². The van der Waals surface area contributed by atoms with Crippen molar-refractivity contribution in [3.05, 3.63) is 24.0 Å². The van der Waals surface area contributed by atoms with Gasteiger partial charge in [0.2, 0.25) is 5.91 Å². The molecule has 112 valence electrons. The van der Waals surface area contributed by atoms with E-state index in [0.717, 1.165) is 19.3 Å². The van der Waals surface area contributed by atoms with Gasteiger partial charge in [0.15, 0.2) is 0 Å². The summed E-state index contributed by atoms with van der Waals surface area (Å²) in [6.07, 6.45) is 3.34. The molecule has 1 fully saturated rings. The van der Waals surface area contributed by atoms with Crippen molar-refractivity contribution in [3.63, 3.8) is 0 Å². The number of methoxy groups -OCH3 is 1. The fourth-order valence-corrected chi connectivity index (χ4v) is 2.49. The van der Waals surface area contributed by atoms with E-state index >= 15 is 0 Å². The molecular weight excluding hydrogens is 283 g/mol. The van der Waals surface area contributed by atoms with Crippen LogP contribution in [-0.2, 0) is 4.79 Å². The number of carbonyl (C=O) groups is 1. The van der Waals surface area contributed by atoms with Gasteiger partial charge < -0.3 is 15.8 Å². The molecular formula is C14H20ClFN2O2. The summed E-state index contributed by atoms with van der Waals surface area (Å²) < 4.78 is 18.6. The third kappa shape index (κ3) is 4.08. The molecule has 0 aliphatic heterocycles. The highest BCUT2D eigenvalue weighted by Crippen LogP contribution is 2.28. The summed E-state index contributed by atoms with van der Waals surface area (Å²) >= 11 is 0. The number of nitrogens with one attached hydrogen (secondary N) is 1. The monoisotopic (exact) mass is 302 g/mol. The smallest absolute Gasteiger partial charge is 0.224 e. The van der Waals surface area contributed by atoms with Gasteiger partial charge >= 0.3 is 0 Å². The zero-order chi connectivity index (χ0) is 13.8. The van der Waals surface area contributed by atoms with Crippen LogP contribution in [0.3, 0.4) is 0 Å². The summed E-state index contributed by atoms with van der Waals surface area (Å²) in [5, 5.41) is 2.58. The summed E-state index contributed by atoms with van der Waals surface area (Å²) in [7, 11) is 1.50. The first-order valence-corrected chi connectivity index (χ1v) is 6.49. The first-order chi connectivity index (χ1) is 9.10. The van der Waals surface area contributed by atoms with E-state index in [1.807, 2.05) is 0 Å². The summed E-state index contributed by atoms with van der Waals surface area (Å²) in [5.41, 5.74) is 6.07. The Morgan fingerprint density at radius 3 is 2.85 bits per heavy atom. The summed E-state index contributed by atoms with van der Waals surface area (Å²) in [6, 6.07) is 4.34. The molecule has 6 heteroatoms. The maximum atomic E-state index is 13.6. The van der Waals surface area contributed by atoms with Gasteiger partial charge in [-0.2, -0.15) is 0 Å². The number of hydrogen-bond donors (Lipinski definition) is 2. The number of hydrogen-bond acceptors (Lipinski definition) is 3. The van der Waals surface area contributed by atoms with Gasteiger partial charge in [0.1, 0.15) is 11.6 Å². The molecule has 0 bridgehead atoms. The fourth-order valence-electron chi connectivity index (χ4n) is 2.49. The molecule has 1 amide bonds. The zero-order valence-corrected chi connectivity index (χ0v) is 12.2. The molecule has 1 saturated carbocycles. The van der Waals surface area contributed by atoms with Gasteiger partial charge in [-0.15, -0.1) is 12.4 Å². The zero-order valence-electron chi connectivity index (χ0n) is 11.4. The predicted octanol–water partition coefficient (Wildman–Crippen LogP) is 2.71. The lowest BCUT2D eigenvalue weighted by Gasteiger charge is -2.15. The third-order valence-electron chi connectivity index (χ3n) is 3.61. The Kier molecular flexibility index (Phi) is 6.23. The van der Waals surface area contributed by atoms with Crippen LogP contribution < -0.4 is 15.8 Å². The average Bonchev–Trinajstić information content (AvgIpc) is 2.78. The maximum absolute atomic E-state index is 13.6. The Bertz CT molecular complexity index is 470. The Labute approximate surface area is 124 Å². The van der Waals surface area contributed by atoms with Crippen molar-refractivity contribution in [1.82, 2.24) is 0 Å². The highest BCUT2D eigenvalue weighted by Gasteiger charge is 2.26. The normalized spacial score (nSPS) is 21.1. The number of ether oxygens (including phenoxy) is 1. The minimum atomic E-state index is -0.468. The lowest BCUT2D eigenvalue weighted by atomic mass is 10.00. The van der Waals surface area contributed by atoms with E-state index in [1.54, 1.807) is 0 Å². The van der Waals surface area contributed by atoms with Crippen molar-refractivity contribution >= 4 is 24.0 Å². The standard InChI is InChI=1S/C14H19FN2O2.ClH/c1-19-10-5-6-11(15)13(8-10)17-14(18)7-9-3-2-4-12(9)16;/h5-6,8-9,12H,2-4,7,16H2,1H3,(H,17,18);1H/t9-,12+;/m0./s1. The van der Waals surface area contributed by atoms with Crippen molar-refractivity contribution in [2.24, 2.45) is 11.7 Å². The lowest BCUT2D eigenvalue weighted by Crippen LogP contribution is -2.28. The van der Waals surface area contributed by atoms with E-state index < -0.39 is 5.82 Å². The first-order valence-electron chi connectivity index (χ1n) is 6.49. The molecule has 20 heavy (non-hydrogen) atoms. The number of amides is 1. The Morgan fingerprint density at radius 2 is 2.25 bits per heavy atom. The topological polar surface area (TPSA) is 64.3 Å². The minimum Gasteiger partial charge on any atom is -0.497 e. The molecule has 0 heterocycles. The van der Waals surface area contributed by atoms with Gasteiger partial charge in [-0.1, -0.05) is 6.42 Å². The number of halogens is 2. The van der Waals surface area contributed by atoms with Crippen LogP contribution in [0, 0.1) is 11.7 Å². The molecule has 0 unspecified atom stereocenters. The molecule has 3 N–H and O–H groups in total. The van der Waals surface area contributed by atoms with Gasteiger partial charge in [-0.3, -0.25) is 4.79 Å². The average molecular weight is 303 g/mol. The lowest BCUT2D eigenvalue weighted by molar-refractivity contribution is -0.117. The summed E-state index contributed by atoms with van der Waals surface area (Å²) in [6.45, 7) is 0. The second-order valence-electron chi connectivity index (χ2n) is 4.95. The van der Waals surface area contributed by atoms with Crippen LogP contribution in [0.15, 0.2) is 18.2 Å². The number of anilines is 1. The van der Waals surface area contributed by atoms with Crippen molar-refractivity contribution < 1.29 is 13.9 Å². The van der Waals surface area contributed by atoms with Gasteiger partial charge in [-0.25, -0.2) is 4.39 Å². The van der Waals surface area contributed by atoms with Crippen LogP contribution in [0.2, 0.25) is 0 Å². The molecule has 0 radical (unpaired) electrons. The van der Waals surface area contributed by atoms with E-state index in [4.69, 9.17) is 10.5 Å². The molecule has 2 rings (SSSR count). The van der Waals surface area contributed by atoms with E-state index in [2.05, 4.69) is 5.32 Å². The van der Waals surface area contributed by atoms with E-state index in [0.29, 0.717) is 12.2 Å². The van der Waals surface area contributed by atoms with E-state index in [1.165, 1.54) is 25.3 Å². The minimum absolute atomic E-state index is 0. The Balaban J connectivity index is 0.00000200. The maximum Gasteiger partial charge on any atom is 0.224 e. The predicted molar refractivity (Wildman–Crippen MR) is 78.8 cm³/mol. The molecule has 2 atom stereocenters. The molecule has 0 aromatic heterocycles. The SMILES string of the molecule is COc1ccc(F)c(NC(=O)C[C@@H]2CCC[C@H]2N)c1.Cl. The fraction of sp³-hybridized carbons (Fsp3) is 0.500. The number of nitrogens with two attached hydrogens (primary N) is 1. The molecule has 1 aliphatic rings. The first kappa shape index (κ1) is 16.7. The van der Waals surface area contributed by atoms with E-state index in [-0.39, 0.29) is 36.0 Å². The number of benzene rings is 1. The second kappa shape index (κ2) is 7.45. The summed E-state index contributed by atoms with van der Waals surface area (Å²) in [5.74, 6) is 0.0438. The van der Waals surface area contributed by atoms with Crippen LogP contribution in [-0.4, -0.2) is 19.1 Å². The van der Waals surface area contributed by atoms with Gasteiger partial charge in [0.05, 0.1) is 12.8 Å². The quantitative estimate of drug-likeness (QED) is 0.899. The molecule has 0 spiro atoms. The Morgan fingerprint density at radius 1 is 1.50 bits per heavy atom. The van der Waals surface area contributed by atoms with Crippen LogP contribution >= 0.6 is 12.4 Å². The highest BCUT2D eigenvalue weighted by atomic mass is 35.5. The number of rotatable bonds is 4.